The van der Waals surface area contributed by atoms with Crippen LogP contribution in [0.3, 0.4) is 0 Å². The van der Waals surface area contributed by atoms with Crippen LogP contribution in [-0.2, 0) is 0 Å². The molecule has 0 aliphatic rings. The molecule has 0 amide bonds. The van der Waals surface area contributed by atoms with E-state index in [1.54, 1.807) is 0 Å². The Morgan fingerprint density at radius 2 is 1.95 bits per heavy atom. The molecule has 2 rings (SSSR count). The summed E-state index contributed by atoms with van der Waals surface area (Å²) in [5, 5.41) is 9.99. The molecule has 1 unspecified atom stereocenters. The van der Waals surface area contributed by atoms with Gasteiger partial charge < -0.3 is 9.84 Å². The Hall–Kier alpha value is -1.65. The maximum absolute atomic E-state index is 13.8. The molecular formula is C14H11ClF2O2. The lowest BCUT2D eigenvalue weighted by atomic mass is 10.0. The van der Waals surface area contributed by atoms with Gasteiger partial charge in [-0.25, -0.2) is 8.78 Å². The van der Waals surface area contributed by atoms with Crippen LogP contribution in [0, 0.1) is 11.6 Å². The number of hydrogen-bond acceptors (Lipinski definition) is 2. The quantitative estimate of drug-likeness (QED) is 0.931. The van der Waals surface area contributed by atoms with Crippen LogP contribution >= 0.6 is 11.6 Å². The molecule has 0 aromatic heterocycles. The lowest BCUT2D eigenvalue weighted by Crippen LogP contribution is -2.04. The first-order chi connectivity index (χ1) is 9.04. The van der Waals surface area contributed by atoms with E-state index in [0.29, 0.717) is 0 Å². The normalized spacial score (nSPS) is 12.3. The largest absolute Gasteiger partial charge is 0.494 e. The molecule has 0 fully saturated rings. The first kappa shape index (κ1) is 13.8. The molecule has 1 N–H and O–H groups in total. The third-order valence-electron chi connectivity index (χ3n) is 2.77. The highest BCUT2D eigenvalue weighted by Crippen LogP contribution is 2.30. The number of halogens is 3. The molecule has 0 aliphatic heterocycles. The van der Waals surface area contributed by atoms with E-state index in [9.17, 15) is 13.9 Å². The molecule has 1 atom stereocenters. The van der Waals surface area contributed by atoms with Gasteiger partial charge in [0, 0.05) is 5.56 Å². The van der Waals surface area contributed by atoms with Crippen LogP contribution in [0.2, 0.25) is 5.02 Å². The van der Waals surface area contributed by atoms with Gasteiger partial charge in [-0.15, -0.1) is 0 Å². The zero-order chi connectivity index (χ0) is 14.0. The monoisotopic (exact) mass is 284 g/mol. The van der Waals surface area contributed by atoms with Crippen molar-refractivity contribution in [3.63, 3.8) is 0 Å². The number of ether oxygens (including phenoxy) is 1. The van der Waals surface area contributed by atoms with Crippen molar-refractivity contribution in [3.8, 4) is 5.75 Å². The topological polar surface area (TPSA) is 29.5 Å². The Morgan fingerprint density at radius 3 is 2.58 bits per heavy atom. The third-order valence-corrected chi connectivity index (χ3v) is 3.06. The highest BCUT2D eigenvalue weighted by Gasteiger charge is 2.18. The van der Waals surface area contributed by atoms with Gasteiger partial charge in [-0.2, -0.15) is 0 Å². The van der Waals surface area contributed by atoms with Gasteiger partial charge in [0.05, 0.1) is 12.1 Å². The summed E-state index contributed by atoms with van der Waals surface area (Å²) in [6, 6.07) is 8.23. The summed E-state index contributed by atoms with van der Waals surface area (Å²) in [6.45, 7) is 0. The summed E-state index contributed by atoms with van der Waals surface area (Å²) in [6.07, 6.45) is -1.29. The summed E-state index contributed by atoms with van der Waals surface area (Å²) in [5.41, 5.74) is 0.219. The van der Waals surface area contributed by atoms with E-state index in [0.717, 1.165) is 6.07 Å². The van der Waals surface area contributed by atoms with Crippen LogP contribution < -0.4 is 4.74 Å². The molecule has 100 valence electrons. The number of rotatable bonds is 3. The summed E-state index contributed by atoms with van der Waals surface area (Å²) < 4.78 is 32.1. The van der Waals surface area contributed by atoms with Crippen molar-refractivity contribution in [1.82, 2.24) is 0 Å². The molecule has 2 nitrogen and oxygen atoms in total. The highest BCUT2D eigenvalue weighted by molar-refractivity contribution is 6.30. The molecule has 0 aliphatic carbocycles. The maximum atomic E-state index is 13.8. The Balaban J connectivity index is 2.41. The van der Waals surface area contributed by atoms with Gasteiger partial charge in [-0.1, -0.05) is 29.8 Å². The second kappa shape index (κ2) is 5.55. The van der Waals surface area contributed by atoms with Gasteiger partial charge in [-0.3, -0.25) is 0 Å². The minimum absolute atomic E-state index is 0.00272. The molecule has 0 bridgehead atoms. The molecule has 2 aromatic carbocycles. The van der Waals surface area contributed by atoms with Crippen molar-refractivity contribution in [2.75, 3.05) is 7.11 Å². The fourth-order valence-electron chi connectivity index (χ4n) is 1.76. The number of hydrogen-bond donors (Lipinski definition) is 1. The predicted octanol–water partition coefficient (Wildman–Crippen LogP) is 3.71. The SMILES string of the molecule is COc1ccc(C(O)c2cccc(Cl)c2F)cc1F. The highest BCUT2D eigenvalue weighted by atomic mass is 35.5. The molecule has 0 saturated carbocycles. The van der Waals surface area contributed by atoms with Crippen molar-refractivity contribution in [3.05, 3.63) is 64.2 Å². The van der Waals surface area contributed by atoms with Crippen LogP contribution in [-0.4, -0.2) is 12.2 Å². The van der Waals surface area contributed by atoms with Gasteiger partial charge in [-0.05, 0) is 23.8 Å². The van der Waals surface area contributed by atoms with Crippen molar-refractivity contribution in [1.29, 1.82) is 0 Å². The van der Waals surface area contributed by atoms with Gasteiger partial charge >= 0.3 is 0 Å². The van der Waals surface area contributed by atoms with Crippen molar-refractivity contribution < 1.29 is 18.6 Å². The van der Waals surface area contributed by atoms with Crippen LogP contribution in [0.4, 0.5) is 8.78 Å². The molecule has 0 saturated heterocycles. The minimum atomic E-state index is -1.29. The summed E-state index contributed by atoms with van der Waals surface area (Å²) in [5.74, 6) is -1.28. The van der Waals surface area contributed by atoms with Gasteiger partial charge in [0.1, 0.15) is 11.9 Å². The van der Waals surface area contributed by atoms with Gasteiger partial charge in [0.2, 0.25) is 0 Å². The van der Waals surface area contributed by atoms with E-state index in [1.165, 1.54) is 37.4 Å². The second-order valence-corrected chi connectivity index (χ2v) is 4.35. The van der Waals surface area contributed by atoms with Crippen LogP contribution in [0.1, 0.15) is 17.2 Å². The van der Waals surface area contributed by atoms with E-state index in [1.807, 2.05) is 0 Å². The Bertz CT molecular complexity index is 602. The number of aliphatic hydroxyl groups excluding tert-OH is 1. The first-order valence-corrected chi connectivity index (χ1v) is 5.87. The van der Waals surface area contributed by atoms with Gasteiger partial charge in [0.25, 0.3) is 0 Å². The molecule has 0 spiro atoms. The summed E-state index contributed by atoms with van der Waals surface area (Å²) >= 11 is 5.64. The molecule has 0 radical (unpaired) electrons. The number of aliphatic hydroxyl groups is 1. The van der Waals surface area contributed by atoms with E-state index in [-0.39, 0.29) is 21.9 Å². The van der Waals surface area contributed by atoms with Crippen molar-refractivity contribution in [2.45, 2.75) is 6.10 Å². The van der Waals surface area contributed by atoms with E-state index >= 15 is 0 Å². The fourth-order valence-corrected chi connectivity index (χ4v) is 1.95. The smallest absolute Gasteiger partial charge is 0.165 e. The Morgan fingerprint density at radius 1 is 1.21 bits per heavy atom. The zero-order valence-corrected chi connectivity index (χ0v) is 10.8. The molecular weight excluding hydrogens is 274 g/mol. The first-order valence-electron chi connectivity index (χ1n) is 5.50. The zero-order valence-electron chi connectivity index (χ0n) is 10.0. The van der Waals surface area contributed by atoms with Crippen molar-refractivity contribution in [2.24, 2.45) is 0 Å². The van der Waals surface area contributed by atoms with E-state index < -0.39 is 17.7 Å². The molecule has 19 heavy (non-hydrogen) atoms. The van der Waals surface area contributed by atoms with Crippen LogP contribution in [0.5, 0.6) is 5.75 Å². The van der Waals surface area contributed by atoms with Crippen molar-refractivity contribution >= 4 is 11.6 Å². The number of benzene rings is 2. The average Bonchev–Trinajstić information content (AvgIpc) is 2.41. The number of methoxy groups -OCH3 is 1. The molecule has 2 aromatic rings. The Kier molecular flexibility index (Phi) is 4.02. The molecule has 0 heterocycles. The predicted molar refractivity (Wildman–Crippen MR) is 68.4 cm³/mol. The molecule has 5 heteroatoms. The minimum Gasteiger partial charge on any atom is -0.494 e. The Labute approximate surface area is 114 Å². The lowest BCUT2D eigenvalue weighted by molar-refractivity contribution is 0.214. The van der Waals surface area contributed by atoms with E-state index in [2.05, 4.69) is 0 Å². The lowest BCUT2D eigenvalue weighted by Gasteiger charge is -2.14. The van der Waals surface area contributed by atoms with Gasteiger partial charge in [0.15, 0.2) is 11.6 Å². The van der Waals surface area contributed by atoms with Crippen LogP contribution in [0.25, 0.3) is 0 Å². The van der Waals surface area contributed by atoms with Crippen LogP contribution in [0.15, 0.2) is 36.4 Å². The summed E-state index contributed by atoms with van der Waals surface area (Å²) in [4.78, 5) is 0. The van der Waals surface area contributed by atoms with E-state index in [4.69, 9.17) is 16.3 Å². The average molecular weight is 285 g/mol. The standard InChI is InChI=1S/C14H11ClF2O2/c1-19-12-6-5-8(7-11(12)16)14(18)9-3-2-4-10(15)13(9)17/h2-7,14,18H,1H3. The maximum Gasteiger partial charge on any atom is 0.165 e. The summed E-state index contributed by atoms with van der Waals surface area (Å²) in [7, 11) is 1.34. The fraction of sp³-hybridized carbons (Fsp3) is 0.143. The third kappa shape index (κ3) is 2.69. The second-order valence-electron chi connectivity index (χ2n) is 3.94.